The van der Waals surface area contributed by atoms with Gasteiger partial charge in [-0.3, -0.25) is 4.79 Å². The van der Waals surface area contributed by atoms with E-state index in [1.807, 2.05) is 31.2 Å². The van der Waals surface area contributed by atoms with E-state index < -0.39 is 11.5 Å². The van der Waals surface area contributed by atoms with Crippen LogP contribution in [0.25, 0.3) is 11.3 Å². The average molecular weight is 244 g/mol. The maximum Gasteiger partial charge on any atom is 0.341 e. The number of aryl methyl sites for hydroxylation is 2. The molecule has 0 fully saturated rings. The number of nitrogens with zero attached hydrogens (tertiary/aromatic N) is 2. The van der Waals surface area contributed by atoms with Gasteiger partial charge in [-0.25, -0.2) is 9.48 Å². The molecular formula is C13H12N2O3. The number of hydrogen-bond acceptors (Lipinski definition) is 3. The molecule has 0 aliphatic carbocycles. The molecule has 0 spiro atoms. The maximum absolute atomic E-state index is 11.6. The maximum atomic E-state index is 11.6. The van der Waals surface area contributed by atoms with Crippen molar-refractivity contribution in [2.75, 3.05) is 0 Å². The molecule has 0 saturated heterocycles. The molecule has 1 aromatic carbocycles. The first-order chi connectivity index (χ1) is 8.49. The Hall–Kier alpha value is -2.43. The SMILES string of the molecule is Cc1ccc(-c2cc(C(=O)O)c(=O)n(C)n2)cc1. The number of aromatic nitrogens is 2. The molecule has 92 valence electrons. The molecule has 5 nitrogen and oxygen atoms in total. The second-order valence-electron chi connectivity index (χ2n) is 4.04. The molecule has 5 heteroatoms. The summed E-state index contributed by atoms with van der Waals surface area (Å²) in [5.41, 5.74) is 1.46. The van der Waals surface area contributed by atoms with Gasteiger partial charge in [-0.15, -0.1) is 0 Å². The van der Waals surface area contributed by atoms with E-state index in [2.05, 4.69) is 5.10 Å². The van der Waals surface area contributed by atoms with Crippen LogP contribution < -0.4 is 5.56 Å². The lowest BCUT2D eigenvalue weighted by Gasteiger charge is -2.05. The third-order valence-corrected chi connectivity index (χ3v) is 2.64. The van der Waals surface area contributed by atoms with Crippen LogP contribution in [-0.2, 0) is 7.05 Å². The van der Waals surface area contributed by atoms with Crippen LogP contribution in [0.3, 0.4) is 0 Å². The zero-order valence-electron chi connectivity index (χ0n) is 10.0. The first kappa shape index (κ1) is 12.0. The van der Waals surface area contributed by atoms with Crippen molar-refractivity contribution in [3.8, 4) is 11.3 Å². The molecule has 0 aliphatic rings. The molecular weight excluding hydrogens is 232 g/mol. The van der Waals surface area contributed by atoms with E-state index in [1.165, 1.54) is 13.1 Å². The van der Waals surface area contributed by atoms with Crippen LogP contribution in [0.5, 0.6) is 0 Å². The van der Waals surface area contributed by atoms with Gasteiger partial charge in [0.1, 0.15) is 5.56 Å². The zero-order valence-corrected chi connectivity index (χ0v) is 10.0. The van der Waals surface area contributed by atoms with Crippen LogP contribution in [0.4, 0.5) is 0 Å². The zero-order chi connectivity index (χ0) is 13.3. The summed E-state index contributed by atoms with van der Waals surface area (Å²) in [5.74, 6) is -1.24. The average Bonchev–Trinajstić information content (AvgIpc) is 2.33. The van der Waals surface area contributed by atoms with Crippen LogP contribution in [0.2, 0.25) is 0 Å². The lowest BCUT2D eigenvalue weighted by Crippen LogP contribution is -2.26. The van der Waals surface area contributed by atoms with Crippen molar-refractivity contribution in [2.45, 2.75) is 6.92 Å². The molecule has 18 heavy (non-hydrogen) atoms. The Morgan fingerprint density at radius 2 is 1.89 bits per heavy atom. The van der Waals surface area contributed by atoms with Crippen molar-refractivity contribution in [1.29, 1.82) is 0 Å². The van der Waals surface area contributed by atoms with Gasteiger partial charge in [0.15, 0.2) is 0 Å². The van der Waals surface area contributed by atoms with E-state index in [0.29, 0.717) is 5.69 Å². The summed E-state index contributed by atoms with van der Waals surface area (Å²) < 4.78 is 1.04. The van der Waals surface area contributed by atoms with E-state index in [0.717, 1.165) is 15.8 Å². The molecule has 0 atom stereocenters. The highest BCUT2D eigenvalue weighted by Crippen LogP contribution is 2.17. The number of carbonyl (C=O) groups is 1. The van der Waals surface area contributed by atoms with Gasteiger partial charge in [-0.05, 0) is 13.0 Å². The van der Waals surface area contributed by atoms with E-state index in [9.17, 15) is 9.59 Å². The van der Waals surface area contributed by atoms with Crippen molar-refractivity contribution in [2.24, 2.45) is 7.05 Å². The van der Waals surface area contributed by atoms with Crippen LogP contribution in [0.1, 0.15) is 15.9 Å². The summed E-state index contributed by atoms with van der Waals surface area (Å²) >= 11 is 0. The second-order valence-corrected chi connectivity index (χ2v) is 4.04. The van der Waals surface area contributed by atoms with Crippen molar-refractivity contribution >= 4 is 5.97 Å². The smallest absolute Gasteiger partial charge is 0.341 e. The summed E-state index contributed by atoms with van der Waals surface area (Å²) in [6.45, 7) is 1.96. The highest BCUT2D eigenvalue weighted by Gasteiger charge is 2.13. The van der Waals surface area contributed by atoms with Gasteiger partial charge in [0.25, 0.3) is 5.56 Å². The minimum absolute atomic E-state index is 0.275. The van der Waals surface area contributed by atoms with Gasteiger partial charge in [-0.1, -0.05) is 29.8 Å². The monoisotopic (exact) mass is 244 g/mol. The topological polar surface area (TPSA) is 72.2 Å². The first-order valence-electron chi connectivity index (χ1n) is 5.37. The number of carboxylic acid groups (broad SMARTS) is 1. The number of aromatic carboxylic acids is 1. The van der Waals surface area contributed by atoms with Gasteiger partial charge in [-0.2, -0.15) is 5.10 Å². The third kappa shape index (κ3) is 2.15. The van der Waals surface area contributed by atoms with Gasteiger partial charge in [0, 0.05) is 12.6 Å². The summed E-state index contributed by atoms with van der Waals surface area (Å²) in [6.07, 6.45) is 0. The van der Waals surface area contributed by atoms with E-state index >= 15 is 0 Å². The lowest BCUT2D eigenvalue weighted by atomic mass is 10.1. The standard InChI is InChI=1S/C13H12N2O3/c1-8-3-5-9(6-4-8)11-7-10(13(17)18)12(16)15(2)14-11/h3-7H,1-2H3,(H,17,18). The first-order valence-corrected chi connectivity index (χ1v) is 5.37. The van der Waals surface area contributed by atoms with Crippen molar-refractivity contribution in [3.05, 3.63) is 51.8 Å². The molecule has 0 bridgehead atoms. The minimum atomic E-state index is -1.24. The number of rotatable bonds is 2. The molecule has 2 rings (SSSR count). The fourth-order valence-electron chi connectivity index (χ4n) is 1.63. The van der Waals surface area contributed by atoms with Crippen LogP contribution in [-0.4, -0.2) is 20.9 Å². The Labute approximate surface area is 103 Å². The minimum Gasteiger partial charge on any atom is -0.477 e. The Morgan fingerprint density at radius 1 is 1.28 bits per heavy atom. The molecule has 0 aliphatic heterocycles. The summed E-state index contributed by atoms with van der Waals surface area (Å²) in [6, 6.07) is 8.79. The molecule has 1 aromatic heterocycles. The fourth-order valence-corrected chi connectivity index (χ4v) is 1.63. The van der Waals surface area contributed by atoms with Gasteiger partial charge in [0.05, 0.1) is 5.69 Å². The molecule has 0 unspecified atom stereocenters. The largest absolute Gasteiger partial charge is 0.477 e. The number of hydrogen-bond donors (Lipinski definition) is 1. The van der Waals surface area contributed by atoms with Crippen molar-refractivity contribution < 1.29 is 9.90 Å². The second kappa shape index (κ2) is 4.44. The fraction of sp³-hybridized carbons (Fsp3) is 0.154. The number of carboxylic acids is 1. The van der Waals surface area contributed by atoms with E-state index in [-0.39, 0.29) is 5.56 Å². The highest BCUT2D eigenvalue weighted by molar-refractivity contribution is 5.88. The van der Waals surface area contributed by atoms with Gasteiger partial charge >= 0.3 is 5.97 Å². The lowest BCUT2D eigenvalue weighted by molar-refractivity contribution is 0.0694. The van der Waals surface area contributed by atoms with Crippen LogP contribution in [0.15, 0.2) is 35.1 Å². The molecule has 1 heterocycles. The predicted octanol–water partition coefficient (Wildman–Crippen LogP) is 1.45. The summed E-state index contributed by atoms with van der Waals surface area (Å²) in [7, 11) is 1.44. The third-order valence-electron chi connectivity index (χ3n) is 2.64. The molecule has 0 saturated carbocycles. The highest BCUT2D eigenvalue weighted by atomic mass is 16.4. The molecule has 1 N–H and O–H groups in total. The Balaban J connectivity index is 2.62. The molecule has 2 aromatic rings. The Morgan fingerprint density at radius 3 is 2.44 bits per heavy atom. The normalized spacial score (nSPS) is 10.3. The van der Waals surface area contributed by atoms with E-state index in [1.54, 1.807) is 0 Å². The Bertz CT molecular complexity index is 657. The van der Waals surface area contributed by atoms with E-state index in [4.69, 9.17) is 5.11 Å². The van der Waals surface area contributed by atoms with Crippen LogP contribution >= 0.6 is 0 Å². The molecule has 0 radical (unpaired) electrons. The molecule has 0 amide bonds. The quantitative estimate of drug-likeness (QED) is 0.867. The number of benzene rings is 1. The van der Waals surface area contributed by atoms with Crippen LogP contribution in [0, 0.1) is 6.92 Å². The van der Waals surface area contributed by atoms with Gasteiger partial charge in [0.2, 0.25) is 0 Å². The summed E-state index contributed by atoms with van der Waals surface area (Å²) in [4.78, 5) is 22.5. The van der Waals surface area contributed by atoms with Crippen molar-refractivity contribution in [1.82, 2.24) is 9.78 Å². The van der Waals surface area contributed by atoms with Crippen molar-refractivity contribution in [3.63, 3.8) is 0 Å². The van der Waals surface area contributed by atoms with Gasteiger partial charge < -0.3 is 5.11 Å². The Kier molecular flexibility index (Phi) is 2.97. The predicted molar refractivity (Wildman–Crippen MR) is 66.6 cm³/mol. The summed E-state index contributed by atoms with van der Waals surface area (Å²) in [5, 5.41) is 13.0.